The molecule has 20 heavy (non-hydrogen) atoms. The van der Waals surface area contributed by atoms with Crippen molar-refractivity contribution >= 4 is 10.9 Å². The molecule has 4 heteroatoms. The highest BCUT2D eigenvalue weighted by atomic mass is 16.5. The van der Waals surface area contributed by atoms with E-state index in [1.54, 1.807) is 26.4 Å². The van der Waals surface area contributed by atoms with Gasteiger partial charge in [0.25, 0.3) is 0 Å². The molecule has 0 bridgehead atoms. The van der Waals surface area contributed by atoms with E-state index in [9.17, 15) is 5.11 Å². The Morgan fingerprint density at radius 2 is 1.75 bits per heavy atom. The van der Waals surface area contributed by atoms with Crippen LogP contribution in [0.1, 0.15) is 0 Å². The van der Waals surface area contributed by atoms with Crippen molar-refractivity contribution in [2.24, 2.45) is 0 Å². The van der Waals surface area contributed by atoms with Gasteiger partial charge in [0.1, 0.15) is 17.2 Å². The van der Waals surface area contributed by atoms with Gasteiger partial charge in [-0.25, -0.2) is 0 Å². The monoisotopic (exact) mass is 269 g/mol. The lowest BCUT2D eigenvalue weighted by Crippen LogP contribution is -1.88. The van der Waals surface area contributed by atoms with Gasteiger partial charge in [-0.2, -0.15) is 0 Å². The van der Waals surface area contributed by atoms with Gasteiger partial charge in [-0.15, -0.1) is 0 Å². The quantitative estimate of drug-likeness (QED) is 0.764. The average molecular weight is 269 g/mol. The fourth-order valence-electron chi connectivity index (χ4n) is 2.35. The van der Waals surface area contributed by atoms with E-state index in [0.717, 1.165) is 33.5 Å². The van der Waals surface area contributed by atoms with Crippen LogP contribution in [0.3, 0.4) is 0 Å². The van der Waals surface area contributed by atoms with Crippen LogP contribution in [0.2, 0.25) is 0 Å². The van der Waals surface area contributed by atoms with E-state index in [-0.39, 0.29) is 5.75 Å². The van der Waals surface area contributed by atoms with Crippen molar-refractivity contribution in [3.8, 4) is 28.4 Å². The van der Waals surface area contributed by atoms with Crippen molar-refractivity contribution in [2.75, 3.05) is 14.2 Å². The van der Waals surface area contributed by atoms with Gasteiger partial charge in [-0.05, 0) is 17.7 Å². The Hall–Kier alpha value is -2.62. The Kier molecular flexibility index (Phi) is 2.99. The van der Waals surface area contributed by atoms with Gasteiger partial charge in [0.15, 0.2) is 0 Å². The zero-order valence-corrected chi connectivity index (χ0v) is 11.3. The molecule has 0 spiro atoms. The molecule has 0 unspecified atom stereocenters. The molecule has 0 atom stereocenters. The number of H-pyrrole nitrogens is 1. The summed E-state index contributed by atoms with van der Waals surface area (Å²) < 4.78 is 10.7. The highest BCUT2D eigenvalue weighted by molar-refractivity contribution is 6.00. The van der Waals surface area contributed by atoms with Crippen LogP contribution in [0.5, 0.6) is 17.2 Å². The van der Waals surface area contributed by atoms with Crippen LogP contribution in [-0.2, 0) is 0 Å². The molecule has 0 amide bonds. The second-order valence-corrected chi connectivity index (χ2v) is 4.50. The summed E-state index contributed by atoms with van der Waals surface area (Å²) in [6, 6.07) is 10.9. The number of methoxy groups -OCH3 is 2. The molecule has 0 aliphatic carbocycles. The number of ether oxygens (including phenoxy) is 2. The predicted octanol–water partition coefficient (Wildman–Crippen LogP) is 3.56. The van der Waals surface area contributed by atoms with Crippen molar-refractivity contribution in [1.29, 1.82) is 0 Å². The summed E-state index contributed by atoms with van der Waals surface area (Å²) in [6.45, 7) is 0. The standard InChI is InChI=1S/C16H15NO3/c1-19-12-7-14-16(15(8-12)20-2)13(9-17-14)10-3-5-11(18)6-4-10/h3-9,17-18H,1-2H3. The van der Waals surface area contributed by atoms with Crippen molar-refractivity contribution in [3.63, 3.8) is 0 Å². The Morgan fingerprint density at radius 3 is 2.40 bits per heavy atom. The van der Waals surface area contributed by atoms with Gasteiger partial charge in [-0.1, -0.05) is 12.1 Å². The molecule has 2 N–H and O–H groups in total. The zero-order chi connectivity index (χ0) is 14.1. The summed E-state index contributed by atoms with van der Waals surface area (Å²) in [6.07, 6.45) is 1.93. The first-order valence-corrected chi connectivity index (χ1v) is 6.25. The lowest BCUT2D eigenvalue weighted by atomic mass is 10.0. The van der Waals surface area contributed by atoms with Crippen molar-refractivity contribution in [3.05, 3.63) is 42.6 Å². The molecule has 0 aliphatic heterocycles. The Bertz CT molecular complexity index is 744. The van der Waals surface area contributed by atoms with Crippen LogP contribution in [-0.4, -0.2) is 24.3 Å². The van der Waals surface area contributed by atoms with Crippen LogP contribution in [0.4, 0.5) is 0 Å². The normalized spacial score (nSPS) is 10.7. The number of hydrogen-bond donors (Lipinski definition) is 2. The summed E-state index contributed by atoms with van der Waals surface area (Å²) in [5, 5.41) is 10.4. The van der Waals surface area contributed by atoms with Crippen LogP contribution in [0.25, 0.3) is 22.0 Å². The maximum absolute atomic E-state index is 9.39. The van der Waals surface area contributed by atoms with E-state index in [4.69, 9.17) is 9.47 Å². The third kappa shape index (κ3) is 1.95. The molecule has 2 aromatic carbocycles. The molecule has 0 saturated heterocycles. The highest BCUT2D eigenvalue weighted by Gasteiger charge is 2.13. The maximum atomic E-state index is 9.39. The van der Waals surface area contributed by atoms with E-state index >= 15 is 0 Å². The fourth-order valence-corrected chi connectivity index (χ4v) is 2.35. The first kappa shape index (κ1) is 12.4. The minimum atomic E-state index is 0.252. The number of aromatic amines is 1. The second kappa shape index (κ2) is 4.81. The second-order valence-electron chi connectivity index (χ2n) is 4.50. The first-order valence-electron chi connectivity index (χ1n) is 6.25. The summed E-state index contributed by atoms with van der Waals surface area (Å²) in [7, 11) is 3.27. The number of fused-ring (bicyclic) bond motifs is 1. The van der Waals surface area contributed by atoms with E-state index in [2.05, 4.69) is 4.98 Å². The van der Waals surface area contributed by atoms with Crippen molar-refractivity contribution < 1.29 is 14.6 Å². The molecule has 0 fully saturated rings. The van der Waals surface area contributed by atoms with Gasteiger partial charge in [0.05, 0.1) is 19.7 Å². The Balaban J connectivity index is 2.24. The van der Waals surface area contributed by atoms with E-state index < -0.39 is 0 Å². The first-order chi connectivity index (χ1) is 9.72. The molecule has 102 valence electrons. The number of aromatic nitrogens is 1. The average Bonchev–Trinajstić information content (AvgIpc) is 2.91. The summed E-state index contributed by atoms with van der Waals surface area (Å²) in [4.78, 5) is 3.23. The van der Waals surface area contributed by atoms with Gasteiger partial charge in [-0.3, -0.25) is 0 Å². The molecule has 1 heterocycles. The zero-order valence-electron chi connectivity index (χ0n) is 11.3. The van der Waals surface area contributed by atoms with Crippen LogP contribution in [0, 0.1) is 0 Å². The maximum Gasteiger partial charge on any atom is 0.132 e. The van der Waals surface area contributed by atoms with Crippen LogP contribution in [0.15, 0.2) is 42.6 Å². The van der Waals surface area contributed by atoms with Gasteiger partial charge >= 0.3 is 0 Å². The van der Waals surface area contributed by atoms with Gasteiger partial charge in [0, 0.05) is 29.3 Å². The van der Waals surface area contributed by atoms with Gasteiger partial charge < -0.3 is 19.6 Å². The number of phenols is 1. The van der Waals surface area contributed by atoms with E-state index in [0.29, 0.717) is 0 Å². The number of benzene rings is 2. The number of nitrogens with one attached hydrogen (secondary N) is 1. The van der Waals surface area contributed by atoms with E-state index in [1.807, 2.05) is 30.5 Å². The number of hydrogen-bond acceptors (Lipinski definition) is 3. The topological polar surface area (TPSA) is 54.5 Å². The largest absolute Gasteiger partial charge is 0.508 e. The summed E-state index contributed by atoms with van der Waals surface area (Å²) in [5.74, 6) is 1.75. The lowest BCUT2D eigenvalue weighted by Gasteiger charge is -2.08. The van der Waals surface area contributed by atoms with Crippen molar-refractivity contribution in [1.82, 2.24) is 4.98 Å². The van der Waals surface area contributed by atoms with E-state index in [1.165, 1.54) is 0 Å². The lowest BCUT2D eigenvalue weighted by molar-refractivity contribution is 0.398. The molecule has 3 aromatic rings. The van der Waals surface area contributed by atoms with Crippen molar-refractivity contribution in [2.45, 2.75) is 0 Å². The molecule has 3 rings (SSSR count). The minimum Gasteiger partial charge on any atom is -0.508 e. The van der Waals surface area contributed by atoms with Gasteiger partial charge in [0.2, 0.25) is 0 Å². The van der Waals surface area contributed by atoms with Crippen LogP contribution >= 0.6 is 0 Å². The van der Waals surface area contributed by atoms with Crippen LogP contribution < -0.4 is 9.47 Å². The SMILES string of the molecule is COc1cc(OC)c2c(-c3ccc(O)cc3)c[nH]c2c1. The third-order valence-electron chi connectivity index (χ3n) is 3.35. The predicted molar refractivity (Wildman–Crippen MR) is 78.5 cm³/mol. The summed E-state index contributed by atoms with van der Waals surface area (Å²) in [5.41, 5.74) is 2.99. The molecule has 1 aromatic heterocycles. The smallest absolute Gasteiger partial charge is 0.132 e. The summed E-state index contributed by atoms with van der Waals surface area (Å²) >= 11 is 0. The number of aromatic hydroxyl groups is 1. The Labute approximate surface area is 116 Å². The highest BCUT2D eigenvalue weighted by Crippen LogP contribution is 2.38. The molecule has 0 aliphatic rings. The molecular weight excluding hydrogens is 254 g/mol. The fraction of sp³-hybridized carbons (Fsp3) is 0.125. The molecule has 4 nitrogen and oxygen atoms in total. The molecular formula is C16H15NO3. The number of rotatable bonds is 3. The molecule has 0 saturated carbocycles. The Morgan fingerprint density at radius 1 is 1.00 bits per heavy atom. The minimum absolute atomic E-state index is 0.252. The number of phenolic OH excluding ortho intramolecular Hbond substituents is 1. The molecule has 0 radical (unpaired) electrons. The third-order valence-corrected chi connectivity index (χ3v) is 3.35.